The first-order valence-electron chi connectivity index (χ1n) is 6.59. The first-order chi connectivity index (χ1) is 11.1. The molecule has 2 aromatic rings. The third kappa shape index (κ3) is 3.74. The van der Waals surface area contributed by atoms with Gasteiger partial charge in [-0.2, -0.15) is 0 Å². The number of carbonyl (C=O) groups is 1. The molecule has 0 aliphatic rings. The van der Waals surface area contributed by atoms with Crippen molar-refractivity contribution in [2.45, 2.75) is 5.92 Å². The van der Waals surface area contributed by atoms with E-state index in [2.05, 4.69) is 9.87 Å². The number of carbonyl (C=O) groups excluding carboxylic acids is 1. The topological polar surface area (TPSA) is 91.6 Å². The summed E-state index contributed by atoms with van der Waals surface area (Å²) in [4.78, 5) is 36.0. The number of rotatable bonds is 7. The van der Waals surface area contributed by atoms with Gasteiger partial charge in [-0.1, -0.05) is 12.1 Å². The summed E-state index contributed by atoms with van der Waals surface area (Å²) < 4.78 is 13.9. The van der Waals surface area contributed by atoms with E-state index >= 15 is 0 Å². The molecule has 0 saturated carbocycles. The number of aromatic nitrogens is 1. The van der Waals surface area contributed by atoms with E-state index in [0.29, 0.717) is 0 Å². The summed E-state index contributed by atoms with van der Waals surface area (Å²) in [5.74, 6) is -2.46. The minimum absolute atomic E-state index is 0.0790. The Kier molecular flexibility index (Phi) is 5.45. The lowest BCUT2D eigenvalue weighted by Gasteiger charge is -2.15. The van der Waals surface area contributed by atoms with Gasteiger partial charge in [0.25, 0.3) is 5.69 Å². The number of pyridine rings is 1. The Morgan fingerprint density at radius 2 is 2.13 bits per heavy atom. The molecule has 23 heavy (non-hydrogen) atoms. The molecule has 0 saturated heterocycles. The number of hydrogen-bond acceptors (Lipinski definition) is 6. The molecule has 0 bridgehead atoms. The monoisotopic (exact) mass is 320 g/mol. The Morgan fingerprint density at radius 3 is 2.78 bits per heavy atom. The summed E-state index contributed by atoms with van der Waals surface area (Å²) in [6, 6.07) is 6.74. The zero-order chi connectivity index (χ0) is 16.8. The predicted octanol–water partition coefficient (Wildman–Crippen LogP) is 2.67. The van der Waals surface area contributed by atoms with Crippen LogP contribution in [0.2, 0.25) is 0 Å². The lowest BCUT2D eigenvalue weighted by Crippen LogP contribution is -2.21. The van der Waals surface area contributed by atoms with Crippen LogP contribution in [0.1, 0.15) is 21.8 Å². The minimum atomic E-state index is -1.10. The molecular weight excluding hydrogens is 307 g/mol. The molecule has 0 fully saturated rings. The summed E-state index contributed by atoms with van der Waals surface area (Å²) in [5.41, 5.74) is -0.444. The Balaban J connectivity index is 2.48. The number of nitrogens with zero attached hydrogens (tertiary/aromatic N) is 2. The molecule has 1 aromatic heterocycles. The Bertz CT molecular complexity index is 723. The normalized spacial score (nSPS) is 11.9. The maximum absolute atomic E-state index is 13.9. The van der Waals surface area contributed by atoms with Gasteiger partial charge in [-0.3, -0.25) is 19.9 Å². The quantitative estimate of drug-likeness (QED) is 0.337. The fourth-order valence-electron chi connectivity index (χ4n) is 2.14. The van der Waals surface area contributed by atoms with E-state index in [0.717, 1.165) is 12.3 Å². The van der Waals surface area contributed by atoms with Crippen molar-refractivity contribution < 1.29 is 23.9 Å². The van der Waals surface area contributed by atoms with Crippen molar-refractivity contribution in [3.05, 3.63) is 69.8 Å². The number of Topliss-reactive ketones (excluding diaryl/α,β-unsaturated/α-hetero) is 1. The molecule has 0 aliphatic heterocycles. The Morgan fingerprint density at radius 1 is 1.39 bits per heavy atom. The molecule has 1 heterocycles. The number of hydrogen-bond donors (Lipinski definition) is 0. The second kappa shape index (κ2) is 7.52. The fraction of sp³-hybridized carbons (Fsp3) is 0.200. The Hall–Kier alpha value is -2.71. The average Bonchev–Trinajstić information content (AvgIpc) is 2.55. The van der Waals surface area contributed by atoms with Crippen molar-refractivity contribution >= 4 is 11.5 Å². The first kappa shape index (κ1) is 16.7. The van der Waals surface area contributed by atoms with Gasteiger partial charge >= 0.3 is 0 Å². The highest BCUT2D eigenvalue weighted by molar-refractivity contribution is 6.01. The van der Waals surface area contributed by atoms with Gasteiger partial charge in [0.2, 0.25) is 0 Å². The third-order valence-corrected chi connectivity index (χ3v) is 3.21. The van der Waals surface area contributed by atoms with Crippen LogP contribution in [-0.2, 0) is 9.78 Å². The smallest absolute Gasteiger partial charge is 0.291 e. The standard InChI is InChI=1S/C15H13FN2O5/c1-22-23-9-12(10-6-7-17-8-14(10)18(20)21)15(19)11-4-2-3-5-13(11)16/h2-8,12H,9H2,1H3. The average molecular weight is 320 g/mol. The molecule has 0 amide bonds. The van der Waals surface area contributed by atoms with Gasteiger partial charge in [-0.25, -0.2) is 14.2 Å². The van der Waals surface area contributed by atoms with Crippen molar-refractivity contribution in [2.75, 3.05) is 13.7 Å². The summed E-state index contributed by atoms with van der Waals surface area (Å²) in [6.07, 6.45) is 2.35. The molecule has 8 heteroatoms. The van der Waals surface area contributed by atoms with Crippen molar-refractivity contribution in [1.29, 1.82) is 0 Å². The molecule has 2 rings (SSSR count). The third-order valence-electron chi connectivity index (χ3n) is 3.21. The van der Waals surface area contributed by atoms with Gasteiger partial charge in [0.05, 0.1) is 30.1 Å². The summed E-state index contributed by atoms with van der Waals surface area (Å²) >= 11 is 0. The van der Waals surface area contributed by atoms with Crippen molar-refractivity contribution in [1.82, 2.24) is 4.98 Å². The maximum Gasteiger partial charge on any atom is 0.291 e. The van der Waals surface area contributed by atoms with Crippen molar-refractivity contribution in [2.24, 2.45) is 0 Å². The van der Waals surface area contributed by atoms with Gasteiger partial charge in [-0.15, -0.1) is 0 Å². The zero-order valence-electron chi connectivity index (χ0n) is 12.1. The SMILES string of the molecule is COOCC(C(=O)c1ccccc1F)c1ccncc1[N+](=O)[O-]. The second-order valence-corrected chi connectivity index (χ2v) is 4.54. The number of halogens is 1. The molecular formula is C15H13FN2O5. The molecule has 1 atom stereocenters. The lowest BCUT2D eigenvalue weighted by molar-refractivity contribution is -0.386. The second-order valence-electron chi connectivity index (χ2n) is 4.54. The van der Waals surface area contributed by atoms with Gasteiger partial charge in [-0.05, 0) is 18.2 Å². The molecule has 120 valence electrons. The highest BCUT2D eigenvalue weighted by Gasteiger charge is 2.30. The number of nitro groups is 1. The van der Waals surface area contributed by atoms with Gasteiger partial charge < -0.3 is 0 Å². The van der Waals surface area contributed by atoms with Crippen LogP contribution in [0, 0.1) is 15.9 Å². The predicted molar refractivity (Wildman–Crippen MR) is 77.3 cm³/mol. The van der Waals surface area contributed by atoms with E-state index in [-0.39, 0.29) is 23.4 Å². The van der Waals surface area contributed by atoms with Crippen LogP contribution in [0.4, 0.5) is 10.1 Å². The highest BCUT2D eigenvalue weighted by Crippen LogP contribution is 2.29. The van der Waals surface area contributed by atoms with Crippen LogP contribution < -0.4 is 0 Å². The van der Waals surface area contributed by atoms with E-state index in [9.17, 15) is 19.3 Å². The minimum Gasteiger partial charge on any atom is -0.293 e. The highest BCUT2D eigenvalue weighted by atomic mass is 19.1. The first-order valence-corrected chi connectivity index (χ1v) is 6.59. The van der Waals surface area contributed by atoms with Crippen LogP contribution >= 0.6 is 0 Å². The molecule has 0 radical (unpaired) electrons. The molecule has 0 aliphatic carbocycles. The van der Waals surface area contributed by atoms with Crippen LogP contribution in [0.15, 0.2) is 42.7 Å². The van der Waals surface area contributed by atoms with Crippen molar-refractivity contribution in [3.63, 3.8) is 0 Å². The van der Waals surface area contributed by atoms with E-state index in [1.165, 1.54) is 37.6 Å². The van der Waals surface area contributed by atoms with Crippen molar-refractivity contribution in [3.8, 4) is 0 Å². The molecule has 0 spiro atoms. The van der Waals surface area contributed by atoms with E-state index in [4.69, 9.17) is 4.89 Å². The van der Waals surface area contributed by atoms with E-state index < -0.39 is 22.4 Å². The lowest BCUT2D eigenvalue weighted by atomic mass is 9.90. The summed E-state index contributed by atoms with van der Waals surface area (Å²) in [6.45, 7) is -0.297. The Labute approximate surface area is 130 Å². The van der Waals surface area contributed by atoms with Crippen LogP contribution in [0.3, 0.4) is 0 Å². The molecule has 1 unspecified atom stereocenters. The molecule has 7 nitrogen and oxygen atoms in total. The fourth-order valence-corrected chi connectivity index (χ4v) is 2.14. The van der Waals surface area contributed by atoms with Crippen LogP contribution in [-0.4, -0.2) is 29.4 Å². The summed E-state index contributed by atoms with van der Waals surface area (Å²) in [7, 11) is 1.24. The van der Waals surface area contributed by atoms with Gasteiger partial charge in [0, 0.05) is 11.8 Å². The summed E-state index contributed by atoms with van der Waals surface area (Å²) in [5, 5.41) is 11.1. The number of ketones is 1. The largest absolute Gasteiger partial charge is 0.293 e. The maximum atomic E-state index is 13.9. The van der Waals surface area contributed by atoms with E-state index in [1.807, 2.05) is 0 Å². The number of benzene rings is 1. The molecule has 0 N–H and O–H groups in total. The van der Waals surface area contributed by atoms with Crippen LogP contribution in [0.5, 0.6) is 0 Å². The van der Waals surface area contributed by atoms with E-state index in [1.54, 1.807) is 0 Å². The zero-order valence-corrected chi connectivity index (χ0v) is 12.1. The molecule has 1 aromatic carbocycles. The van der Waals surface area contributed by atoms with Gasteiger partial charge in [0.15, 0.2) is 5.78 Å². The van der Waals surface area contributed by atoms with Crippen LogP contribution in [0.25, 0.3) is 0 Å². The van der Waals surface area contributed by atoms with Gasteiger partial charge in [0.1, 0.15) is 12.0 Å².